The molecule has 22 heavy (non-hydrogen) atoms. The SMILES string of the molecule is CC.Cc1ccc(NC=C2C(=O)OC(C)(C)OC2=O)cc1Cl. The number of benzene rings is 1. The molecule has 0 bridgehead atoms. The molecule has 0 atom stereocenters. The van der Waals surface area contributed by atoms with Gasteiger partial charge >= 0.3 is 11.9 Å². The number of carbonyl (C=O) groups is 2. The molecule has 1 N–H and O–H groups in total. The zero-order chi connectivity index (χ0) is 16.9. The van der Waals surface area contributed by atoms with Gasteiger partial charge in [0.15, 0.2) is 5.57 Å². The molecule has 120 valence electrons. The molecule has 0 aromatic heterocycles. The van der Waals surface area contributed by atoms with Crippen molar-refractivity contribution < 1.29 is 19.1 Å². The highest BCUT2D eigenvalue weighted by atomic mass is 35.5. The maximum absolute atomic E-state index is 11.7. The molecule has 1 aliphatic heterocycles. The highest BCUT2D eigenvalue weighted by Crippen LogP contribution is 2.24. The Labute approximate surface area is 135 Å². The highest BCUT2D eigenvalue weighted by Gasteiger charge is 2.38. The van der Waals surface area contributed by atoms with Gasteiger partial charge in [-0.1, -0.05) is 31.5 Å². The summed E-state index contributed by atoms with van der Waals surface area (Å²) in [6.07, 6.45) is 1.25. The van der Waals surface area contributed by atoms with Gasteiger partial charge in [-0.05, 0) is 24.6 Å². The van der Waals surface area contributed by atoms with E-state index in [2.05, 4.69) is 5.32 Å². The number of halogens is 1. The molecule has 5 nitrogen and oxygen atoms in total. The van der Waals surface area contributed by atoms with E-state index in [1.165, 1.54) is 20.0 Å². The first-order valence-electron chi connectivity index (χ1n) is 6.98. The van der Waals surface area contributed by atoms with Crippen LogP contribution in [0, 0.1) is 6.92 Å². The van der Waals surface area contributed by atoms with Crippen LogP contribution in [0.5, 0.6) is 0 Å². The molecule has 0 aliphatic carbocycles. The van der Waals surface area contributed by atoms with Crippen LogP contribution in [-0.4, -0.2) is 17.7 Å². The molecule has 2 rings (SSSR count). The van der Waals surface area contributed by atoms with Crippen molar-refractivity contribution in [2.75, 3.05) is 5.32 Å². The van der Waals surface area contributed by atoms with Crippen LogP contribution in [0.3, 0.4) is 0 Å². The number of hydrogen-bond acceptors (Lipinski definition) is 5. The van der Waals surface area contributed by atoms with Gasteiger partial charge in [0, 0.05) is 30.8 Å². The van der Waals surface area contributed by atoms with Crippen molar-refractivity contribution in [1.82, 2.24) is 0 Å². The molecule has 1 aromatic carbocycles. The first kappa shape index (κ1) is 18.0. The summed E-state index contributed by atoms with van der Waals surface area (Å²) in [5, 5.41) is 3.41. The first-order chi connectivity index (χ1) is 10.3. The maximum Gasteiger partial charge on any atom is 0.350 e. The average Bonchev–Trinajstić information content (AvgIpc) is 2.42. The Balaban J connectivity index is 0.00000116. The molecule has 0 unspecified atom stereocenters. The standard InChI is InChI=1S/C14H14ClNO4.C2H6/c1-8-4-5-9(6-11(8)15)16-7-10-12(17)19-14(2,3)20-13(10)18;1-2/h4-7,16H,1-3H3;1-2H3. The van der Waals surface area contributed by atoms with Crippen LogP contribution in [0.1, 0.15) is 33.3 Å². The summed E-state index contributed by atoms with van der Waals surface area (Å²) >= 11 is 5.99. The van der Waals surface area contributed by atoms with E-state index in [1.54, 1.807) is 12.1 Å². The van der Waals surface area contributed by atoms with Gasteiger partial charge < -0.3 is 14.8 Å². The van der Waals surface area contributed by atoms with E-state index >= 15 is 0 Å². The maximum atomic E-state index is 11.7. The topological polar surface area (TPSA) is 64.6 Å². The lowest BCUT2D eigenvalue weighted by Gasteiger charge is -2.29. The molecule has 0 radical (unpaired) electrons. The van der Waals surface area contributed by atoms with E-state index in [9.17, 15) is 9.59 Å². The number of nitrogens with one attached hydrogen (secondary N) is 1. The lowest BCUT2D eigenvalue weighted by Crippen LogP contribution is -2.42. The number of carbonyl (C=O) groups excluding carboxylic acids is 2. The minimum Gasteiger partial charge on any atom is -0.419 e. The quantitative estimate of drug-likeness (QED) is 0.509. The smallest absolute Gasteiger partial charge is 0.350 e. The fourth-order valence-corrected chi connectivity index (χ4v) is 1.80. The van der Waals surface area contributed by atoms with E-state index in [0.29, 0.717) is 10.7 Å². The molecule has 1 aromatic rings. The van der Waals surface area contributed by atoms with E-state index < -0.39 is 17.7 Å². The molecular formula is C16H20ClNO4. The van der Waals surface area contributed by atoms with Gasteiger partial charge in [-0.3, -0.25) is 0 Å². The Hall–Kier alpha value is -2.01. The van der Waals surface area contributed by atoms with E-state index in [1.807, 2.05) is 26.8 Å². The third kappa shape index (κ3) is 4.49. The molecule has 1 aliphatic rings. The van der Waals surface area contributed by atoms with Crippen LogP contribution in [0.15, 0.2) is 30.0 Å². The van der Waals surface area contributed by atoms with Crippen LogP contribution in [0.25, 0.3) is 0 Å². The number of ether oxygens (including phenoxy) is 2. The van der Waals surface area contributed by atoms with Crippen molar-refractivity contribution in [3.8, 4) is 0 Å². The number of rotatable bonds is 2. The minimum absolute atomic E-state index is 0.193. The summed E-state index contributed by atoms with van der Waals surface area (Å²) in [6.45, 7) is 8.86. The zero-order valence-electron chi connectivity index (χ0n) is 13.3. The Morgan fingerprint density at radius 1 is 1.14 bits per heavy atom. The van der Waals surface area contributed by atoms with Crippen LogP contribution in [0.4, 0.5) is 5.69 Å². The first-order valence-corrected chi connectivity index (χ1v) is 7.36. The summed E-state index contributed by atoms with van der Waals surface area (Å²) in [7, 11) is 0. The van der Waals surface area contributed by atoms with Crippen LogP contribution < -0.4 is 5.32 Å². The number of hydrogen-bond donors (Lipinski definition) is 1. The van der Waals surface area contributed by atoms with Crippen molar-refractivity contribution in [3.05, 3.63) is 40.6 Å². The third-order valence-electron chi connectivity index (χ3n) is 2.67. The minimum atomic E-state index is -1.24. The van der Waals surface area contributed by atoms with Crippen LogP contribution in [0.2, 0.25) is 5.02 Å². The Bertz CT molecular complexity index is 586. The second-order valence-electron chi connectivity index (χ2n) is 4.85. The molecular weight excluding hydrogens is 306 g/mol. The summed E-state index contributed by atoms with van der Waals surface area (Å²) in [5.74, 6) is -2.69. The van der Waals surface area contributed by atoms with Crippen LogP contribution in [-0.2, 0) is 19.1 Å². The lowest BCUT2D eigenvalue weighted by molar-refractivity contribution is -0.222. The summed E-state index contributed by atoms with van der Waals surface area (Å²) in [5.41, 5.74) is 1.39. The van der Waals surface area contributed by atoms with Crippen molar-refractivity contribution >= 4 is 29.2 Å². The lowest BCUT2D eigenvalue weighted by atomic mass is 10.2. The Morgan fingerprint density at radius 2 is 1.68 bits per heavy atom. The Morgan fingerprint density at radius 3 is 2.18 bits per heavy atom. The fourth-order valence-electron chi connectivity index (χ4n) is 1.62. The van der Waals surface area contributed by atoms with Crippen molar-refractivity contribution in [2.24, 2.45) is 0 Å². The second-order valence-corrected chi connectivity index (χ2v) is 5.25. The normalized spacial score (nSPS) is 16.0. The predicted octanol–water partition coefficient (Wildman–Crippen LogP) is 3.81. The largest absolute Gasteiger partial charge is 0.419 e. The van der Waals surface area contributed by atoms with Gasteiger partial charge in [0.1, 0.15) is 0 Å². The monoisotopic (exact) mass is 325 g/mol. The highest BCUT2D eigenvalue weighted by molar-refractivity contribution is 6.31. The third-order valence-corrected chi connectivity index (χ3v) is 3.08. The summed E-state index contributed by atoms with van der Waals surface area (Å²) in [4.78, 5) is 23.4. The number of anilines is 1. The summed E-state index contributed by atoms with van der Waals surface area (Å²) in [6, 6.07) is 5.29. The predicted molar refractivity (Wildman–Crippen MR) is 85.5 cm³/mol. The molecule has 6 heteroatoms. The van der Waals surface area contributed by atoms with Crippen LogP contribution >= 0.6 is 11.6 Å². The second kappa shape index (κ2) is 7.31. The molecule has 0 saturated carbocycles. The van der Waals surface area contributed by atoms with E-state index in [-0.39, 0.29) is 5.57 Å². The van der Waals surface area contributed by atoms with E-state index in [4.69, 9.17) is 21.1 Å². The van der Waals surface area contributed by atoms with Gasteiger partial charge in [-0.15, -0.1) is 0 Å². The average molecular weight is 326 g/mol. The van der Waals surface area contributed by atoms with E-state index in [0.717, 1.165) is 5.56 Å². The van der Waals surface area contributed by atoms with Crippen molar-refractivity contribution in [1.29, 1.82) is 0 Å². The molecule has 1 saturated heterocycles. The number of esters is 2. The van der Waals surface area contributed by atoms with Crippen molar-refractivity contribution in [2.45, 2.75) is 40.4 Å². The van der Waals surface area contributed by atoms with Gasteiger partial charge in [-0.25, -0.2) is 9.59 Å². The molecule has 1 heterocycles. The molecule has 0 amide bonds. The zero-order valence-corrected chi connectivity index (χ0v) is 14.1. The number of aryl methyl sites for hydroxylation is 1. The molecule has 0 spiro atoms. The molecule has 1 fully saturated rings. The summed E-state index contributed by atoms with van der Waals surface area (Å²) < 4.78 is 9.94. The van der Waals surface area contributed by atoms with Gasteiger partial charge in [0.05, 0.1) is 0 Å². The Kier molecular flexibility index (Phi) is 6.00. The number of cyclic esters (lactones) is 2. The van der Waals surface area contributed by atoms with Crippen molar-refractivity contribution in [3.63, 3.8) is 0 Å². The van der Waals surface area contributed by atoms with Gasteiger partial charge in [0.2, 0.25) is 0 Å². The van der Waals surface area contributed by atoms with Gasteiger partial charge in [0.25, 0.3) is 5.79 Å². The van der Waals surface area contributed by atoms with Gasteiger partial charge in [-0.2, -0.15) is 0 Å². The fraction of sp³-hybridized carbons (Fsp3) is 0.375.